The number of fused-ring (bicyclic) bond motifs is 1. The molecule has 1 aliphatic rings. The van der Waals surface area contributed by atoms with E-state index in [4.69, 9.17) is 9.47 Å². The normalized spacial score (nSPS) is 14.2. The van der Waals surface area contributed by atoms with Crippen LogP contribution in [-0.4, -0.2) is 19.3 Å². The number of aryl methyl sites for hydroxylation is 3. The van der Waals surface area contributed by atoms with Crippen molar-refractivity contribution in [2.24, 2.45) is 0 Å². The zero-order valence-electron chi connectivity index (χ0n) is 14.8. The number of hydrogen-bond donors (Lipinski definition) is 1. The van der Waals surface area contributed by atoms with Crippen molar-refractivity contribution in [1.29, 1.82) is 0 Å². The van der Waals surface area contributed by atoms with Gasteiger partial charge in [-0.3, -0.25) is 4.72 Å². The van der Waals surface area contributed by atoms with Crippen LogP contribution in [0.25, 0.3) is 0 Å². The summed E-state index contributed by atoms with van der Waals surface area (Å²) in [5.74, 6) is 1.84. The number of rotatable bonds is 6. The first-order valence-electron chi connectivity index (χ1n) is 8.41. The molecule has 0 aromatic heterocycles. The van der Waals surface area contributed by atoms with Gasteiger partial charge in [0.05, 0.1) is 6.61 Å². The summed E-state index contributed by atoms with van der Waals surface area (Å²) >= 11 is 1.69. The van der Waals surface area contributed by atoms with Gasteiger partial charge in [0.25, 0.3) is 0 Å². The van der Waals surface area contributed by atoms with Gasteiger partial charge in [-0.05, 0) is 62.4 Å². The van der Waals surface area contributed by atoms with Gasteiger partial charge < -0.3 is 9.47 Å². The first-order chi connectivity index (χ1) is 11.5. The Kier molecular flexibility index (Phi) is 5.36. The predicted octanol–water partition coefficient (Wildman–Crippen LogP) is 4.61. The number of ether oxygens (including phenoxy) is 2. The lowest BCUT2D eigenvalue weighted by molar-refractivity contribution is 0.287. The Balaban J connectivity index is 1.52. The molecule has 1 heterocycles. The quantitative estimate of drug-likeness (QED) is 0.776. The highest BCUT2D eigenvalue weighted by Crippen LogP contribution is 2.30. The maximum atomic E-state index is 5.91. The molecule has 3 rings (SSSR count). The van der Waals surface area contributed by atoms with E-state index in [1.54, 1.807) is 11.9 Å². The van der Waals surface area contributed by atoms with Crippen LogP contribution in [0.3, 0.4) is 0 Å². The standard InChI is InChI=1S/C20H25NO2S/c1-13-9-14(2)20(15(3)10-13)24-21-16(4)12-23-18-6-5-17-7-8-22-19(17)11-18/h5-6,9-11,16,21H,7-8,12H2,1-4H3. The van der Waals surface area contributed by atoms with Gasteiger partial charge in [-0.2, -0.15) is 0 Å². The summed E-state index contributed by atoms with van der Waals surface area (Å²) in [5, 5.41) is 0. The molecule has 0 bridgehead atoms. The van der Waals surface area contributed by atoms with Crippen molar-refractivity contribution in [2.45, 2.75) is 45.1 Å². The van der Waals surface area contributed by atoms with Crippen molar-refractivity contribution < 1.29 is 9.47 Å². The average Bonchev–Trinajstić information content (AvgIpc) is 2.99. The van der Waals surface area contributed by atoms with Gasteiger partial charge in [0, 0.05) is 23.4 Å². The van der Waals surface area contributed by atoms with Crippen molar-refractivity contribution in [3.8, 4) is 11.5 Å². The number of nitrogens with one attached hydrogen (secondary N) is 1. The fourth-order valence-electron chi connectivity index (χ4n) is 2.98. The minimum atomic E-state index is 0.240. The lowest BCUT2D eigenvalue weighted by Crippen LogP contribution is -2.26. The van der Waals surface area contributed by atoms with Gasteiger partial charge in [-0.1, -0.05) is 23.8 Å². The molecule has 2 aromatic rings. The molecule has 1 atom stereocenters. The Morgan fingerprint density at radius 1 is 1.17 bits per heavy atom. The molecule has 128 valence electrons. The summed E-state index contributed by atoms with van der Waals surface area (Å²) in [5.41, 5.74) is 5.21. The summed E-state index contributed by atoms with van der Waals surface area (Å²) in [6.07, 6.45) is 0.999. The van der Waals surface area contributed by atoms with Gasteiger partial charge in [-0.15, -0.1) is 0 Å². The highest BCUT2D eigenvalue weighted by molar-refractivity contribution is 7.97. The molecule has 0 spiro atoms. The van der Waals surface area contributed by atoms with Crippen LogP contribution >= 0.6 is 11.9 Å². The SMILES string of the molecule is Cc1cc(C)c(SNC(C)COc2ccc3c(c2)OCC3)c(C)c1. The van der Waals surface area contributed by atoms with Gasteiger partial charge in [-0.25, -0.2) is 0 Å². The third kappa shape index (κ3) is 4.05. The summed E-state index contributed by atoms with van der Waals surface area (Å²) in [6, 6.07) is 10.8. The lowest BCUT2D eigenvalue weighted by Gasteiger charge is -2.17. The van der Waals surface area contributed by atoms with Gasteiger partial charge in [0.2, 0.25) is 0 Å². The molecule has 0 amide bonds. The molecule has 0 saturated heterocycles. The van der Waals surface area contributed by atoms with E-state index in [1.807, 2.05) is 12.1 Å². The number of hydrogen-bond acceptors (Lipinski definition) is 4. The lowest BCUT2D eigenvalue weighted by atomic mass is 10.1. The van der Waals surface area contributed by atoms with E-state index >= 15 is 0 Å². The maximum absolute atomic E-state index is 5.91. The highest BCUT2D eigenvalue weighted by Gasteiger charge is 2.13. The van der Waals surface area contributed by atoms with Crippen LogP contribution in [0.15, 0.2) is 35.2 Å². The van der Waals surface area contributed by atoms with E-state index in [1.165, 1.54) is 27.1 Å². The topological polar surface area (TPSA) is 30.5 Å². The zero-order valence-corrected chi connectivity index (χ0v) is 15.6. The average molecular weight is 343 g/mol. The van der Waals surface area contributed by atoms with E-state index in [9.17, 15) is 0 Å². The minimum absolute atomic E-state index is 0.240. The summed E-state index contributed by atoms with van der Waals surface area (Å²) in [4.78, 5) is 1.30. The Morgan fingerprint density at radius 2 is 1.92 bits per heavy atom. The van der Waals surface area contributed by atoms with Crippen LogP contribution in [0.5, 0.6) is 11.5 Å². The van der Waals surface area contributed by atoms with Crippen LogP contribution < -0.4 is 14.2 Å². The molecule has 1 unspecified atom stereocenters. The van der Waals surface area contributed by atoms with E-state index < -0.39 is 0 Å². The molecule has 0 aliphatic carbocycles. The molecule has 3 nitrogen and oxygen atoms in total. The summed E-state index contributed by atoms with van der Waals surface area (Å²) in [6.45, 7) is 10.00. The molecule has 1 N–H and O–H groups in total. The smallest absolute Gasteiger partial charge is 0.126 e. The Hall–Kier alpha value is -1.65. The molecule has 0 radical (unpaired) electrons. The Labute approximate surface area is 148 Å². The van der Waals surface area contributed by atoms with Crippen molar-refractivity contribution in [3.63, 3.8) is 0 Å². The number of benzene rings is 2. The fourth-order valence-corrected chi connectivity index (χ4v) is 3.81. The van der Waals surface area contributed by atoms with E-state index in [-0.39, 0.29) is 6.04 Å². The Morgan fingerprint density at radius 3 is 2.67 bits per heavy atom. The first-order valence-corrected chi connectivity index (χ1v) is 9.23. The van der Waals surface area contributed by atoms with Crippen LogP contribution in [0.4, 0.5) is 0 Å². The van der Waals surface area contributed by atoms with Crippen LogP contribution in [-0.2, 0) is 6.42 Å². The molecule has 0 fully saturated rings. The molecule has 4 heteroatoms. The molecule has 2 aromatic carbocycles. The van der Waals surface area contributed by atoms with Crippen LogP contribution in [0.1, 0.15) is 29.2 Å². The van der Waals surface area contributed by atoms with Gasteiger partial charge in [0.1, 0.15) is 18.1 Å². The van der Waals surface area contributed by atoms with Crippen molar-refractivity contribution >= 4 is 11.9 Å². The van der Waals surface area contributed by atoms with E-state index in [2.05, 4.69) is 50.6 Å². The minimum Gasteiger partial charge on any atom is -0.493 e. The summed E-state index contributed by atoms with van der Waals surface area (Å²) < 4.78 is 15.0. The molecule has 24 heavy (non-hydrogen) atoms. The monoisotopic (exact) mass is 343 g/mol. The summed E-state index contributed by atoms with van der Waals surface area (Å²) in [7, 11) is 0. The van der Waals surface area contributed by atoms with Gasteiger partial charge in [0.15, 0.2) is 0 Å². The first kappa shape index (κ1) is 17.2. The molecular formula is C20H25NO2S. The zero-order chi connectivity index (χ0) is 17.1. The second kappa shape index (κ2) is 7.49. The second-order valence-electron chi connectivity index (χ2n) is 6.53. The third-order valence-electron chi connectivity index (χ3n) is 4.13. The highest BCUT2D eigenvalue weighted by atomic mass is 32.2. The van der Waals surface area contributed by atoms with E-state index in [0.717, 1.165) is 24.5 Å². The second-order valence-corrected chi connectivity index (χ2v) is 7.38. The third-order valence-corrected chi connectivity index (χ3v) is 5.50. The molecule has 1 aliphatic heterocycles. The van der Waals surface area contributed by atoms with Crippen molar-refractivity contribution in [1.82, 2.24) is 4.72 Å². The molecular weight excluding hydrogens is 318 g/mol. The van der Waals surface area contributed by atoms with Crippen LogP contribution in [0, 0.1) is 20.8 Å². The van der Waals surface area contributed by atoms with Crippen molar-refractivity contribution in [2.75, 3.05) is 13.2 Å². The Bertz CT molecular complexity index is 707. The maximum Gasteiger partial charge on any atom is 0.126 e. The fraction of sp³-hybridized carbons (Fsp3) is 0.400. The van der Waals surface area contributed by atoms with E-state index in [0.29, 0.717) is 6.61 Å². The molecule has 0 saturated carbocycles. The van der Waals surface area contributed by atoms with Crippen LogP contribution in [0.2, 0.25) is 0 Å². The largest absolute Gasteiger partial charge is 0.493 e. The van der Waals surface area contributed by atoms with Crippen molar-refractivity contribution in [3.05, 3.63) is 52.6 Å². The predicted molar refractivity (Wildman–Crippen MR) is 100 cm³/mol. The van der Waals surface area contributed by atoms with Gasteiger partial charge >= 0.3 is 0 Å².